The quantitative estimate of drug-likeness (QED) is 0.570. The van der Waals surface area contributed by atoms with Gasteiger partial charge in [-0.3, -0.25) is 0 Å². The molecule has 0 radical (unpaired) electrons. The molecule has 1 nitrogen and oxygen atoms in total. The Morgan fingerprint density at radius 2 is 2.44 bits per heavy atom. The third-order valence-corrected chi connectivity index (χ3v) is 3.46. The lowest BCUT2D eigenvalue weighted by molar-refractivity contribution is 1.05. The van der Waals surface area contributed by atoms with Crippen LogP contribution in [0.25, 0.3) is 0 Å². The van der Waals surface area contributed by atoms with Crippen molar-refractivity contribution in [3.8, 4) is 0 Å². The summed E-state index contributed by atoms with van der Waals surface area (Å²) in [6.45, 7) is 0. The van der Waals surface area contributed by atoms with E-state index in [4.69, 9.17) is 0 Å². The van der Waals surface area contributed by atoms with Crippen LogP contribution in [0.1, 0.15) is 0 Å². The van der Waals surface area contributed by atoms with Crippen molar-refractivity contribution in [2.75, 3.05) is 5.08 Å². The standard InChI is InChI=1S/C6H5NS2/c1-2-5-6(7-3-1)9-4-8-5/h1-3H,4H2. The molecule has 0 fully saturated rings. The number of nitrogens with zero attached hydrogens (tertiary/aromatic N) is 1. The zero-order valence-corrected chi connectivity index (χ0v) is 6.34. The predicted molar refractivity (Wildman–Crippen MR) is 40.8 cm³/mol. The maximum absolute atomic E-state index is 4.20. The van der Waals surface area contributed by atoms with Gasteiger partial charge < -0.3 is 0 Å². The number of hydrogen-bond acceptors (Lipinski definition) is 3. The monoisotopic (exact) mass is 155 g/mol. The summed E-state index contributed by atoms with van der Waals surface area (Å²) in [6, 6.07) is 4.10. The fraction of sp³-hybridized carbons (Fsp3) is 0.167. The number of pyridine rings is 1. The highest BCUT2D eigenvalue weighted by atomic mass is 32.2. The smallest absolute Gasteiger partial charge is 0.110 e. The van der Waals surface area contributed by atoms with Crippen LogP contribution in [0, 0.1) is 0 Å². The van der Waals surface area contributed by atoms with E-state index in [1.165, 1.54) is 9.92 Å². The molecule has 0 aliphatic carbocycles. The molecule has 2 rings (SSSR count). The largest absolute Gasteiger partial charge is 0.249 e. The van der Waals surface area contributed by atoms with Crippen molar-refractivity contribution in [2.45, 2.75) is 9.92 Å². The van der Waals surface area contributed by atoms with Crippen LogP contribution >= 0.6 is 23.5 Å². The summed E-state index contributed by atoms with van der Waals surface area (Å²) in [4.78, 5) is 5.54. The van der Waals surface area contributed by atoms with E-state index in [0.717, 1.165) is 5.08 Å². The Bertz CT molecular complexity index is 201. The summed E-state index contributed by atoms with van der Waals surface area (Å²) >= 11 is 3.69. The van der Waals surface area contributed by atoms with Crippen LogP contribution in [0.5, 0.6) is 0 Å². The van der Waals surface area contributed by atoms with Crippen molar-refractivity contribution in [2.24, 2.45) is 0 Å². The minimum Gasteiger partial charge on any atom is -0.249 e. The lowest BCUT2D eigenvalue weighted by Gasteiger charge is -1.89. The van der Waals surface area contributed by atoms with E-state index in [-0.39, 0.29) is 0 Å². The number of hydrogen-bond donors (Lipinski definition) is 0. The minimum absolute atomic E-state index is 1.13. The lowest BCUT2D eigenvalue weighted by atomic mass is 10.5. The van der Waals surface area contributed by atoms with Crippen LogP contribution in [-0.4, -0.2) is 10.1 Å². The third kappa shape index (κ3) is 0.946. The van der Waals surface area contributed by atoms with Crippen molar-refractivity contribution in [1.29, 1.82) is 0 Å². The summed E-state index contributed by atoms with van der Waals surface area (Å²) in [5.74, 6) is 0. The van der Waals surface area contributed by atoms with E-state index < -0.39 is 0 Å². The molecule has 0 spiro atoms. The Hall–Kier alpha value is -0.150. The molecule has 0 saturated heterocycles. The molecule has 1 aromatic rings. The number of thioether (sulfide) groups is 2. The maximum atomic E-state index is 4.20. The van der Waals surface area contributed by atoms with E-state index in [1.807, 2.05) is 35.8 Å². The van der Waals surface area contributed by atoms with Crippen molar-refractivity contribution in [3.63, 3.8) is 0 Å². The van der Waals surface area contributed by atoms with Crippen LogP contribution in [-0.2, 0) is 0 Å². The highest BCUT2D eigenvalue weighted by molar-refractivity contribution is 8.18. The second-order valence-electron chi connectivity index (χ2n) is 1.71. The van der Waals surface area contributed by atoms with E-state index in [1.54, 1.807) is 0 Å². The molecule has 0 N–H and O–H groups in total. The fourth-order valence-corrected chi connectivity index (χ4v) is 2.98. The first-order valence-corrected chi connectivity index (χ1v) is 4.64. The van der Waals surface area contributed by atoms with Crippen LogP contribution in [0.2, 0.25) is 0 Å². The first-order chi connectivity index (χ1) is 4.47. The summed E-state index contributed by atoms with van der Waals surface area (Å²) in [5, 5.41) is 2.33. The van der Waals surface area contributed by atoms with Gasteiger partial charge in [0, 0.05) is 11.1 Å². The van der Waals surface area contributed by atoms with Gasteiger partial charge in [-0.2, -0.15) is 0 Å². The van der Waals surface area contributed by atoms with Gasteiger partial charge in [0.2, 0.25) is 0 Å². The predicted octanol–water partition coefficient (Wildman–Crippen LogP) is 2.24. The molecule has 1 aliphatic rings. The molecular formula is C6H5NS2. The summed E-state index contributed by atoms with van der Waals surface area (Å²) in [7, 11) is 0. The average Bonchev–Trinajstić information content (AvgIpc) is 2.33. The van der Waals surface area contributed by atoms with Gasteiger partial charge in [0.05, 0.1) is 5.08 Å². The van der Waals surface area contributed by atoms with Gasteiger partial charge in [0.1, 0.15) is 5.03 Å². The molecule has 0 bridgehead atoms. The summed E-state index contributed by atoms with van der Waals surface area (Å²) in [6.07, 6.45) is 1.84. The zero-order chi connectivity index (χ0) is 6.10. The highest BCUT2D eigenvalue weighted by Gasteiger charge is 2.10. The Kier molecular flexibility index (Phi) is 1.39. The Balaban J connectivity index is 2.54. The Morgan fingerprint density at radius 1 is 1.44 bits per heavy atom. The van der Waals surface area contributed by atoms with Gasteiger partial charge in [-0.05, 0) is 12.1 Å². The molecular weight excluding hydrogens is 150 g/mol. The summed E-state index contributed by atoms with van der Waals surface area (Å²) < 4.78 is 0. The van der Waals surface area contributed by atoms with Crippen LogP contribution < -0.4 is 0 Å². The maximum Gasteiger partial charge on any atom is 0.110 e. The van der Waals surface area contributed by atoms with E-state index in [2.05, 4.69) is 11.1 Å². The Morgan fingerprint density at radius 3 is 3.33 bits per heavy atom. The number of fused-ring (bicyclic) bond motifs is 1. The van der Waals surface area contributed by atoms with Gasteiger partial charge in [-0.1, -0.05) is 11.8 Å². The third-order valence-electron chi connectivity index (χ3n) is 1.15. The van der Waals surface area contributed by atoms with Crippen LogP contribution in [0.15, 0.2) is 28.3 Å². The molecule has 46 valence electrons. The number of rotatable bonds is 0. The number of aromatic nitrogens is 1. The van der Waals surface area contributed by atoms with Gasteiger partial charge in [-0.15, -0.1) is 11.8 Å². The molecule has 0 saturated carbocycles. The van der Waals surface area contributed by atoms with Gasteiger partial charge >= 0.3 is 0 Å². The second kappa shape index (κ2) is 2.23. The molecule has 9 heavy (non-hydrogen) atoms. The van der Waals surface area contributed by atoms with Crippen molar-refractivity contribution >= 4 is 23.5 Å². The van der Waals surface area contributed by atoms with Crippen molar-refractivity contribution in [3.05, 3.63) is 18.3 Å². The molecule has 0 aromatic carbocycles. The van der Waals surface area contributed by atoms with Gasteiger partial charge in [0.15, 0.2) is 0 Å². The Labute approximate surface area is 62.3 Å². The van der Waals surface area contributed by atoms with Crippen LogP contribution in [0.3, 0.4) is 0 Å². The lowest BCUT2D eigenvalue weighted by Crippen LogP contribution is -1.73. The topological polar surface area (TPSA) is 12.9 Å². The van der Waals surface area contributed by atoms with Gasteiger partial charge in [0.25, 0.3) is 0 Å². The molecule has 0 amide bonds. The molecule has 3 heteroatoms. The van der Waals surface area contributed by atoms with E-state index >= 15 is 0 Å². The van der Waals surface area contributed by atoms with Crippen molar-refractivity contribution in [1.82, 2.24) is 4.98 Å². The first-order valence-electron chi connectivity index (χ1n) is 2.67. The molecule has 0 atom stereocenters. The first kappa shape index (κ1) is 5.62. The SMILES string of the molecule is c1cnc2c(c1)SCS2. The molecule has 1 aliphatic heterocycles. The molecule has 0 unspecified atom stereocenters. The average molecular weight is 155 g/mol. The normalized spacial score (nSPS) is 15.6. The molecule has 1 aromatic heterocycles. The highest BCUT2D eigenvalue weighted by Crippen LogP contribution is 2.39. The van der Waals surface area contributed by atoms with Gasteiger partial charge in [-0.25, -0.2) is 4.98 Å². The molecule has 2 heterocycles. The minimum atomic E-state index is 1.13. The van der Waals surface area contributed by atoms with Crippen molar-refractivity contribution < 1.29 is 0 Å². The zero-order valence-electron chi connectivity index (χ0n) is 4.70. The fourth-order valence-electron chi connectivity index (χ4n) is 0.743. The summed E-state index contributed by atoms with van der Waals surface area (Å²) in [5.41, 5.74) is 0. The second-order valence-corrected chi connectivity index (χ2v) is 4.06. The van der Waals surface area contributed by atoms with E-state index in [0.29, 0.717) is 0 Å². The van der Waals surface area contributed by atoms with E-state index in [9.17, 15) is 0 Å². The van der Waals surface area contributed by atoms with Crippen LogP contribution in [0.4, 0.5) is 0 Å².